The molecule has 1 amide bonds. The summed E-state index contributed by atoms with van der Waals surface area (Å²) in [4.78, 5) is 15.1. The lowest BCUT2D eigenvalue weighted by Crippen LogP contribution is -2.12. The molecule has 0 bridgehead atoms. The van der Waals surface area contributed by atoms with E-state index in [-0.39, 0.29) is 5.56 Å². The predicted octanol–water partition coefficient (Wildman–Crippen LogP) is 2.59. The van der Waals surface area contributed by atoms with Gasteiger partial charge in [-0.15, -0.1) is 0 Å². The molecule has 0 saturated heterocycles. The average Bonchev–Trinajstić information content (AvgIpc) is 2.46. The summed E-state index contributed by atoms with van der Waals surface area (Å²) in [6, 6.07) is 9.51. The van der Waals surface area contributed by atoms with Crippen LogP contribution in [0.5, 0.6) is 0 Å². The first-order valence-electron chi connectivity index (χ1n) is 6.36. The van der Waals surface area contributed by atoms with E-state index in [2.05, 4.69) is 10.3 Å². The zero-order valence-electron chi connectivity index (χ0n) is 11.6. The molecule has 0 spiro atoms. The summed E-state index contributed by atoms with van der Waals surface area (Å²) in [5.41, 5.74) is 7.64. The van der Waals surface area contributed by atoms with Gasteiger partial charge in [-0.3, -0.25) is 4.79 Å². The predicted molar refractivity (Wildman–Crippen MR) is 82.2 cm³/mol. The number of primary amides is 1. The Morgan fingerprint density at radius 3 is 2.81 bits per heavy atom. The normalized spacial score (nSPS) is 10.4. The van der Waals surface area contributed by atoms with E-state index in [4.69, 9.17) is 22.1 Å². The third-order valence-electron chi connectivity index (χ3n) is 2.89. The molecule has 0 unspecified atom stereocenters. The summed E-state index contributed by atoms with van der Waals surface area (Å²) in [5, 5.41) is 3.49. The first-order chi connectivity index (χ1) is 10.1. The number of nitrogens with one attached hydrogen (secondary N) is 1. The molecule has 0 aliphatic carbocycles. The highest BCUT2D eigenvalue weighted by atomic mass is 35.5. The van der Waals surface area contributed by atoms with Gasteiger partial charge in [-0.2, -0.15) is 0 Å². The summed E-state index contributed by atoms with van der Waals surface area (Å²) in [6.07, 6.45) is 1.40. The summed E-state index contributed by atoms with van der Waals surface area (Å²) in [6.45, 7) is 1.14. The van der Waals surface area contributed by atoms with Gasteiger partial charge in [-0.25, -0.2) is 4.98 Å². The lowest BCUT2D eigenvalue weighted by atomic mass is 10.1. The standard InChI is InChI=1S/C15H16ClN3O2/c1-21-9-11-4-2-3-10(5-11)7-18-15-13(16)6-12(8-19-15)14(17)20/h2-6,8H,7,9H2,1H3,(H2,17,20)(H,18,19). The number of nitrogens with two attached hydrogens (primary N) is 1. The highest BCUT2D eigenvalue weighted by Crippen LogP contribution is 2.20. The van der Waals surface area contributed by atoms with Crippen molar-refractivity contribution < 1.29 is 9.53 Å². The first-order valence-corrected chi connectivity index (χ1v) is 6.74. The van der Waals surface area contributed by atoms with Gasteiger partial charge in [0.15, 0.2) is 0 Å². The highest BCUT2D eigenvalue weighted by Gasteiger charge is 2.07. The number of benzene rings is 1. The molecular weight excluding hydrogens is 290 g/mol. The molecule has 1 heterocycles. The molecule has 0 fully saturated rings. The summed E-state index contributed by atoms with van der Waals surface area (Å²) < 4.78 is 5.10. The van der Waals surface area contributed by atoms with Gasteiger partial charge in [0, 0.05) is 19.9 Å². The Kier molecular flexibility index (Phi) is 5.14. The van der Waals surface area contributed by atoms with Crippen molar-refractivity contribution in [2.45, 2.75) is 13.2 Å². The van der Waals surface area contributed by atoms with Crippen LogP contribution in [0.3, 0.4) is 0 Å². The fourth-order valence-electron chi connectivity index (χ4n) is 1.88. The van der Waals surface area contributed by atoms with Gasteiger partial charge in [0.05, 0.1) is 17.2 Å². The second-order valence-electron chi connectivity index (χ2n) is 4.53. The van der Waals surface area contributed by atoms with Gasteiger partial charge in [-0.05, 0) is 17.2 Å². The highest BCUT2D eigenvalue weighted by molar-refractivity contribution is 6.33. The minimum absolute atomic E-state index is 0.285. The Labute approximate surface area is 128 Å². The van der Waals surface area contributed by atoms with Crippen molar-refractivity contribution in [2.75, 3.05) is 12.4 Å². The maximum Gasteiger partial charge on any atom is 0.250 e. The molecule has 6 heteroatoms. The molecule has 5 nitrogen and oxygen atoms in total. The number of anilines is 1. The van der Waals surface area contributed by atoms with Crippen LogP contribution in [0.1, 0.15) is 21.5 Å². The second kappa shape index (κ2) is 7.06. The first kappa shape index (κ1) is 15.3. The Bertz CT molecular complexity index is 647. The van der Waals surface area contributed by atoms with Crippen molar-refractivity contribution in [3.05, 3.63) is 58.2 Å². The quantitative estimate of drug-likeness (QED) is 0.860. The minimum Gasteiger partial charge on any atom is -0.380 e. The van der Waals surface area contributed by atoms with E-state index in [9.17, 15) is 4.79 Å². The van der Waals surface area contributed by atoms with E-state index in [1.54, 1.807) is 7.11 Å². The van der Waals surface area contributed by atoms with E-state index in [1.165, 1.54) is 12.3 Å². The van der Waals surface area contributed by atoms with E-state index in [0.717, 1.165) is 11.1 Å². The summed E-state index contributed by atoms with van der Waals surface area (Å²) in [5.74, 6) is -0.0398. The summed E-state index contributed by atoms with van der Waals surface area (Å²) >= 11 is 6.07. The Hall–Kier alpha value is -2.11. The van der Waals surface area contributed by atoms with Crippen molar-refractivity contribution in [1.29, 1.82) is 0 Å². The minimum atomic E-state index is -0.553. The Morgan fingerprint density at radius 1 is 1.38 bits per heavy atom. The number of carbonyl (C=O) groups excluding carboxylic acids is 1. The van der Waals surface area contributed by atoms with E-state index in [0.29, 0.717) is 24.0 Å². The van der Waals surface area contributed by atoms with E-state index >= 15 is 0 Å². The third kappa shape index (κ3) is 4.18. The van der Waals surface area contributed by atoms with E-state index in [1.807, 2.05) is 24.3 Å². The number of carbonyl (C=O) groups is 1. The molecule has 21 heavy (non-hydrogen) atoms. The van der Waals surface area contributed by atoms with Crippen LogP contribution in [0.2, 0.25) is 5.02 Å². The lowest BCUT2D eigenvalue weighted by Gasteiger charge is -2.09. The van der Waals surface area contributed by atoms with Crippen molar-refractivity contribution in [1.82, 2.24) is 4.98 Å². The van der Waals surface area contributed by atoms with Crippen LogP contribution in [0, 0.1) is 0 Å². The number of halogens is 1. The fraction of sp³-hybridized carbons (Fsp3) is 0.200. The molecular formula is C15H16ClN3O2. The van der Waals surface area contributed by atoms with Gasteiger partial charge in [-0.1, -0.05) is 35.9 Å². The molecule has 0 aliphatic rings. The van der Waals surface area contributed by atoms with Crippen molar-refractivity contribution >= 4 is 23.3 Å². The number of hydrogen-bond acceptors (Lipinski definition) is 4. The molecule has 1 aromatic carbocycles. The average molecular weight is 306 g/mol. The maximum absolute atomic E-state index is 11.0. The number of ether oxygens (including phenoxy) is 1. The molecule has 0 saturated carbocycles. The van der Waals surface area contributed by atoms with Crippen molar-refractivity contribution in [3.8, 4) is 0 Å². The lowest BCUT2D eigenvalue weighted by molar-refractivity contribution is 0.1000. The number of aromatic nitrogens is 1. The van der Waals surface area contributed by atoms with E-state index < -0.39 is 5.91 Å². The van der Waals surface area contributed by atoms with Crippen LogP contribution in [0.4, 0.5) is 5.82 Å². The molecule has 0 radical (unpaired) electrons. The van der Waals surface area contributed by atoms with Gasteiger partial charge in [0.2, 0.25) is 5.91 Å². The van der Waals surface area contributed by atoms with Crippen LogP contribution in [0.15, 0.2) is 36.5 Å². The second-order valence-corrected chi connectivity index (χ2v) is 4.93. The Balaban J connectivity index is 2.06. The molecule has 0 aliphatic heterocycles. The molecule has 0 atom stereocenters. The molecule has 2 rings (SSSR count). The number of methoxy groups -OCH3 is 1. The number of amides is 1. The van der Waals surface area contributed by atoms with Crippen LogP contribution < -0.4 is 11.1 Å². The number of hydrogen-bond donors (Lipinski definition) is 2. The van der Waals surface area contributed by atoms with Crippen molar-refractivity contribution in [2.24, 2.45) is 5.73 Å². The SMILES string of the molecule is COCc1cccc(CNc2ncc(C(N)=O)cc2Cl)c1. The zero-order chi connectivity index (χ0) is 15.2. The van der Waals surface area contributed by atoms with Gasteiger partial charge in [0.1, 0.15) is 5.82 Å². The van der Waals surface area contributed by atoms with Gasteiger partial charge in [0.25, 0.3) is 0 Å². The molecule has 2 aromatic rings. The largest absolute Gasteiger partial charge is 0.380 e. The van der Waals surface area contributed by atoms with Gasteiger partial charge < -0.3 is 15.8 Å². The smallest absolute Gasteiger partial charge is 0.250 e. The topological polar surface area (TPSA) is 77.2 Å². The Morgan fingerprint density at radius 2 is 2.14 bits per heavy atom. The van der Waals surface area contributed by atoms with Crippen LogP contribution in [0.25, 0.3) is 0 Å². The number of nitrogens with zero attached hydrogens (tertiary/aromatic N) is 1. The van der Waals surface area contributed by atoms with Crippen LogP contribution >= 0.6 is 11.6 Å². The zero-order valence-corrected chi connectivity index (χ0v) is 12.4. The maximum atomic E-state index is 11.0. The number of rotatable bonds is 6. The number of pyridine rings is 1. The molecule has 3 N–H and O–H groups in total. The monoisotopic (exact) mass is 305 g/mol. The van der Waals surface area contributed by atoms with Crippen LogP contribution in [-0.4, -0.2) is 18.0 Å². The van der Waals surface area contributed by atoms with Crippen LogP contribution in [-0.2, 0) is 17.9 Å². The summed E-state index contributed by atoms with van der Waals surface area (Å²) in [7, 11) is 1.66. The van der Waals surface area contributed by atoms with Gasteiger partial charge >= 0.3 is 0 Å². The third-order valence-corrected chi connectivity index (χ3v) is 3.18. The molecule has 1 aromatic heterocycles. The van der Waals surface area contributed by atoms with Crippen molar-refractivity contribution in [3.63, 3.8) is 0 Å². The molecule has 110 valence electrons. The fourth-order valence-corrected chi connectivity index (χ4v) is 2.12.